The van der Waals surface area contributed by atoms with E-state index < -0.39 is 0 Å². The molecule has 0 aliphatic rings. The first-order chi connectivity index (χ1) is 12.8. The van der Waals surface area contributed by atoms with Crippen molar-refractivity contribution < 1.29 is 4.74 Å². The molecule has 0 N–H and O–H groups in total. The average molecular weight is 338 g/mol. The summed E-state index contributed by atoms with van der Waals surface area (Å²) in [7, 11) is 0. The van der Waals surface area contributed by atoms with E-state index in [9.17, 15) is 0 Å². The van der Waals surface area contributed by atoms with Gasteiger partial charge in [-0.15, -0.1) is 0 Å². The Morgan fingerprint density at radius 2 is 1.08 bits per heavy atom. The third-order valence-corrected chi connectivity index (χ3v) is 4.82. The molecule has 0 saturated heterocycles. The maximum absolute atomic E-state index is 6.19. The number of benzene rings is 4. The lowest BCUT2D eigenvalue weighted by Crippen LogP contribution is -2.00. The largest absolute Gasteiger partial charge is 0.493 e. The first kappa shape index (κ1) is 16.4. The second-order valence-electron chi connectivity index (χ2n) is 6.41. The predicted octanol–water partition coefficient (Wildman–Crippen LogP) is 6.88. The van der Waals surface area contributed by atoms with Crippen LogP contribution in [0.4, 0.5) is 0 Å². The number of rotatable bonds is 4. The summed E-state index contributed by atoms with van der Waals surface area (Å²) in [6.07, 6.45) is 0. The summed E-state index contributed by atoms with van der Waals surface area (Å²) in [6.45, 7) is 4.87. The van der Waals surface area contributed by atoms with Gasteiger partial charge in [-0.3, -0.25) is 0 Å². The maximum Gasteiger partial charge on any atom is 0.131 e. The molecule has 128 valence electrons. The Labute approximate surface area is 154 Å². The Bertz CT molecular complexity index is 1030. The monoisotopic (exact) mass is 338 g/mol. The van der Waals surface area contributed by atoms with E-state index >= 15 is 0 Å². The lowest BCUT2D eigenvalue weighted by Gasteiger charge is -2.21. The maximum atomic E-state index is 6.19. The minimum absolute atomic E-state index is 0.646. The number of hydrogen-bond donors (Lipinski definition) is 0. The molecule has 0 atom stereocenters. The highest BCUT2D eigenvalue weighted by atomic mass is 16.5. The van der Waals surface area contributed by atoms with Crippen molar-refractivity contribution in [1.29, 1.82) is 0 Å². The van der Waals surface area contributed by atoms with Crippen molar-refractivity contribution in [3.05, 3.63) is 90.5 Å². The van der Waals surface area contributed by atoms with Gasteiger partial charge >= 0.3 is 0 Å². The van der Waals surface area contributed by atoms with Crippen molar-refractivity contribution in [3.63, 3.8) is 0 Å². The molecule has 0 unspecified atom stereocenters. The van der Waals surface area contributed by atoms with Crippen LogP contribution in [0.2, 0.25) is 0 Å². The summed E-state index contributed by atoms with van der Waals surface area (Å²) in [6, 6.07) is 29.8. The molecule has 0 aliphatic heterocycles. The van der Waals surface area contributed by atoms with E-state index in [4.69, 9.17) is 4.74 Å². The molecular formula is C25H22O. The first-order valence-corrected chi connectivity index (χ1v) is 9.10. The van der Waals surface area contributed by atoms with Crippen LogP contribution in [0.25, 0.3) is 33.0 Å². The zero-order valence-electron chi connectivity index (χ0n) is 15.2. The minimum Gasteiger partial charge on any atom is -0.493 e. The Morgan fingerprint density at radius 3 is 1.62 bits per heavy atom. The van der Waals surface area contributed by atoms with Gasteiger partial charge in [0.2, 0.25) is 0 Å². The molecule has 26 heavy (non-hydrogen) atoms. The van der Waals surface area contributed by atoms with E-state index in [0.717, 1.165) is 5.75 Å². The SMILES string of the molecule is CCOc1c(C)c(-c2ccccc2)c2ccccc2c1-c1ccccc1. The number of ether oxygens (including phenoxy) is 1. The van der Waals surface area contributed by atoms with Crippen LogP contribution >= 0.6 is 0 Å². The summed E-state index contributed by atoms with van der Waals surface area (Å²) in [5.41, 5.74) is 6.04. The van der Waals surface area contributed by atoms with Crippen LogP contribution in [0, 0.1) is 6.92 Å². The van der Waals surface area contributed by atoms with Gasteiger partial charge in [-0.25, -0.2) is 0 Å². The van der Waals surface area contributed by atoms with Gasteiger partial charge in [-0.2, -0.15) is 0 Å². The highest BCUT2D eigenvalue weighted by Crippen LogP contribution is 2.45. The van der Waals surface area contributed by atoms with Crippen molar-refractivity contribution in [2.75, 3.05) is 6.61 Å². The van der Waals surface area contributed by atoms with Gasteiger partial charge in [0.1, 0.15) is 5.75 Å². The van der Waals surface area contributed by atoms with Gasteiger partial charge in [0, 0.05) is 11.1 Å². The molecule has 4 aromatic carbocycles. The molecule has 4 rings (SSSR count). The molecule has 0 bridgehead atoms. The first-order valence-electron chi connectivity index (χ1n) is 9.10. The topological polar surface area (TPSA) is 9.23 Å². The molecule has 0 saturated carbocycles. The van der Waals surface area contributed by atoms with Crippen molar-refractivity contribution in [1.82, 2.24) is 0 Å². The third kappa shape index (κ3) is 2.76. The van der Waals surface area contributed by atoms with Crippen LogP contribution in [0.15, 0.2) is 84.9 Å². The van der Waals surface area contributed by atoms with Crippen LogP contribution in [0.1, 0.15) is 12.5 Å². The van der Waals surface area contributed by atoms with Crippen LogP contribution in [-0.4, -0.2) is 6.61 Å². The van der Waals surface area contributed by atoms with Crippen molar-refractivity contribution >= 4 is 10.8 Å². The normalized spacial score (nSPS) is 10.8. The zero-order chi connectivity index (χ0) is 17.9. The van der Waals surface area contributed by atoms with Crippen LogP contribution < -0.4 is 4.74 Å². The summed E-state index contributed by atoms with van der Waals surface area (Å²) in [5.74, 6) is 0.983. The number of hydrogen-bond acceptors (Lipinski definition) is 1. The molecular weight excluding hydrogens is 316 g/mol. The molecule has 0 aromatic heterocycles. The lowest BCUT2D eigenvalue weighted by atomic mass is 9.87. The molecule has 0 heterocycles. The lowest BCUT2D eigenvalue weighted by molar-refractivity contribution is 0.340. The molecule has 0 fully saturated rings. The quantitative estimate of drug-likeness (QED) is 0.394. The van der Waals surface area contributed by atoms with Crippen LogP contribution in [0.3, 0.4) is 0 Å². The van der Waals surface area contributed by atoms with Crippen molar-refractivity contribution in [3.8, 4) is 28.0 Å². The Hall–Kier alpha value is -3.06. The summed E-state index contributed by atoms with van der Waals surface area (Å²) in [4.78, 5) is 0. The summed E-state index contributed by atoms with van der Waals surface area (Å²) >= 11 is 0. The summed E-state index contributed by atoms with van der Waals surface area (Å²) < 4.78 is 6.19. The second-order valence-corrected chi connectivity index (χ2v) is 6.41. The molecule has 0 aliphatic carbocycles. The highest BCUT2D eigenvalue weighted by Gasteiger charge is 2.19. The minimum atomic E-state index is 0.646. The van der Waals surface area contributed by atoms with Gasteiger partial charge in [-0.1, -0.05) is 84.9 Å². The molecule has 0 amide bonds. The Balaban J connectivity index is 2.15. The fourth-order valence-electron chi connectivity index (χ4n) is 3.74. The van der Waals surface area contributed by atoms with E-state index in [1.807, 2.05) is 6.92 Å². The Morgan fingerprint density at radius 1 is 0.615 bits per heavy atom. The van der Waals surface area contributed by atoms with E-state index in [1.165, 1.54) is 38.6 Å². The van der Waals surface area contributed by atoms with Crippen LogP contribution in [-0.2, 0) is 0 Å². The zero-order valence-corrected chi connectivity index (χ0v) is 15.2. The van der Waals surface area contributed by atoms with Gasteiger partial charge in [0.25, 0.3) is 0 Å². The van der Waals surface area contributed by atoms with E-state index in [0.29, 0.717) is 6.61 Å². The van der Waals surface area contributed by atoms with Crippen molar-refractivity contribution in [2.45, 2.75) is 13.8 Å². The number of fused-ring (bicyclic) bond motifs is 1. The van der Waals surface area contributed by atoms with Gasteiger partial charge in [-0.05, 0) is 41.3 Å². The van der Waals surface area contributed by atoms with Gasteiger partial charge in [0.05, 0.1) is 6.61 Å². The molecule has 4 aromatic rings. The summed E-state index contributed by atoms with van der Waals surface area (Å²) in [5, 5.41) is 2.49. The average Bonchev–Trinajstić information content (AvgIpc) is 2.70. The van der Waals surface area contributed by atoms with Crippen LogP contribution in [0.5, 0.6) is 5.75 Å². The van der Waals surface area contributed by atoms with Gasteiger partial charge in [0.15, 0.2) is 0 Å². The second kappa shape index (κ2) is 7.05. The molecule has 1 heteroatoms. The standard InChI is InChI=1S/C25H22O/c1-3-26-25-18(2)23(19-12-6-4-7-13-19)21-16-10-11-17-22(21)24(25)20-14-8-5-9-15-20/h4-17H,3H2,1-2H3. The third-order valence-electron chi connectivity index (χ3n) is 4.82. The highest BCUT2D eigenvalue weighted by molar-refractivity contribution is 6.09. The molecule has 0 spiro atoms. The fourth-order valence-corrected chi connectivity index (χ4v) is 3.74. The van der Waals surface area contributed by atoms with E-state index in [1.54, 1.807) is 0 Å². The van der Waals surface area contributed by atoms with E-state index in [-0.39, 0.29) is 0 Å². The molecule has 0 radical (unpaired) electrons. The smallest absolute Gasteiger partial charge is 0.131 e. The van der Waals surface area contributed by atoms with Crippen molar-refractivity contribution in [2.24, 2.45) is 0 Å². The van der Waals surface area contributed by atoms with E-state index in [2.05, 4.69) is 91.9 Å². The Kier molecular flexibility index (Phi) is 4.45. The fraction of sp³-hybridized carbons (Fsp3) is 0.120. The van der Waals surface area contributed by atoms with Gasteiger partial charge < -0.3 is 4.74 Å². The molecule has 1 nitrogen and oxygen atoms in total. The predicted molar refractivity (Wildman–Crippen MR) is 111 cm³/mol.